The summed E-state index contributed by atoms with van der Waals surface area (Å²) >= 11 is 0. The van der Waals surface area contributed by atoms with Crippen molar-refractivity contribution in [1.29, 1.82) is 0 Å². The molecule has 0 aromatic rings. The summed E-state index contributed by atoms with van der Waals surface area (Å²) in [5.41, 5.74) is 0. The maximum Gasteiger partial charge on any atom is 0.307 e. The molecule has 3 saturated heterocycles. The van der Waals surface area contributed by atoms with E-state index in [0.29, 0.717) is 24.2 Å². The average Bonchev–Trinajstić information content (AvgIpc) is 3.22. The lowest BCUT2D eigenvalue weighted by atomic mass is 9.81. The van der Waals surface area contributed by atoms with E-state index in [1.807, 2.05) is 6.08 Å². The van der Waals surface area contributed by atoms with Gasteiger partial charge in [-0.05, 0) is 32.2 Å². The maximum atomic E-state index is 10.5. The Labute approximate surface area is 151 Å². The summed E-state index contributed by atoms with van der Waals surface area (Å²) in [6.45, 7) is 3.33. The van der Waals surface area contributed by atoms with Crippen LogP contribution in [0.15, 0.2) is 12.2 Å². The van der Waals surface area contributed by atoms with E-state index in [1.165, 1.54) is 32.1 Å². The Morgan fingerprint density at radius 3 is 2.56 bits per heavy atom. The zero-order valence-corrected chi connectivity index (χ0v) is 15.4. The highest BCUT2D eigenvalue weighted by Crippen LogP contribution is 2.52. The van der Waals surface area contributed by atoms with E-state index < -0.39 is 5.97 Å². The van der Waals surface area contributed by atoms with E-state index in [1.54, 1.807) is 6.08 Å². The van der Waals surface area contributed by atoms with Crippen LogP contribution in [0.4, 0.5) is 0 Å². The number of carbonyl (C=O) groups is 1. The minimum absolute atomic E-state index is 0.122. The van der Waals surface area contributed by atoms with Crippen molar-refractivity contribution < 1.29 is 19.4 Å². The Morgan fingerprint density at radius 1 is 1.00 bits per heavy atom. The molecule has 0 spiro atoms. The molecule has 2 N–H and O–H groups in total. The van der Waals surface area contributed by atoms with Crippen molar-refractivity contribution in [2.24, 2.45) is 5.92 Å². The van der Waals surface area contributed by atoms with E-state index in [2.05, 4.69) is 12.2 Å². The molecule has 0 amide bonds. The van der Waals surface area contributed by atoms with Crippen LogP contribution in [0, 0.1) is 5.92 Å². The van der Waals surface area contributed by atoms with Crippen LogP contribution < -0.4 is 5.32 Å². The number of nitrogens with one attached hydrogen (secondary N) is 1. The number of ether oxygens (including phenoxy) is 2. The SMILES string of the molecule is CCCCCCCN[C@@H]1[C@H](CCCC=CCC(=O)O)[C@H]2O[C@@H]1[C@H]1O[C@H]12. The second-order valence-corrected chi connectivity index (χ2v) is 7.69. The Kier molecular flexibility index (Phi) is 6.91. The maximum absolute atomic E-state index is 10.5. The van der Waals surface area contributed by atoms with Gasteiger partial charge in [-0.15, -0.1) is 0 Å². The number of hydrogen-bond acceptors (Lipinski definition) is 4. The summed E-state index contributed by atoms with van der Waals surface area (Å²) < 4.78 is 12.0. The minimum atomic E-state index is -0.766. The molecule has 0 unspecified atom stereocenters. The number of unbranched alkanes of at least 4 members (excludes halogenated alkanes) is 5. The van der Waals surface area contributed by atoms with Gasteiger partial charge in [0.15, 0.2) is 0 Å². The largest absolute Gasteiger partial charge is 0.481 e. The zero-order chi connectivity index (χ0) is 17.6. The highest BCUT2D eigenvalue weighted by Gasteiger charge is 2.68. The van der Waals surface area contributed by atoms with Gasteiger partial charge in [-0.1, -0.05) is 44.8 Å². The number of rotatable bonds is 13. The summed E-state index contributed by atoms with van der Waals surface area (Å²) in [5, 5.41) is 12.4. The molecule has 5 nitrogen and oxygen atoms in total. The van der Waals surface area contributed by atoms with Gasteiger partial charge < -0.3 is 19.9 Å². The number of fused-ring (bicyclic) bond motifs is 5. The van der Waals surface area contributed by atoms with Crippen LogP contribution >= 0.6 is 0 Å². The molecule has 3 fully saturated rings. The molecule has 0 aliphatic carbocycles. The number of carboxylic acid groups (broad SMARTS) is 1. The fraction of sp³-hybridized carbons (Fsp3) is 0.850. The lowest BCUT2D eigenvalue weighted by Gasteiger charge is -2.27. The predicted molar refractivity (Wildman–Crippen MR) is 96.6 cm³/mol. The Morgan fingerprint density at radius 2 is 1.76 bits per heavy atom. The van der Waals surface area contributed by atoms with Crippen LogP contribution in [0.3, 0.4) is 0 Å². The number of hydrogen-bond donors (Lipinski definition) is 2. The molecule has 0 aromatic heterocycles. The van der Waals surface area contributed by atoms with E-state index in [4.69, 9.17) is 14.6 Å². The van der Waals surface area contributed by atoms with Crippen LogP contribution in [0.25, 0.3) is 0 Å². The smallest absolute Gasteiger partial charge is 0.307 e. The molecule has 3 aliphatic rings. The van der Waals surface area contributed by atoms with E-state index in [-0.39, 0.29) is 18.6 Å². The van der Waals surface area contributed by atoms with Crippen molar-refractivity contribution in [2.75, 3.05) is 6.54 Å². The van der Waals surface area contributed by atoms with Crippen LogP contribution in [-0.4, -0.2) is 48.1 Å². The zero-order valence-electron chi connectivity index (χ0n) is 15.4. The van der Waals surface area contributed by atoms with Gasteiger partial charge in [0.2, 0.25) is 0 Å². The molecule has 0 saturated carbocycles. The molecule has 0 radical (unpaired) electrons. The van der Waals surface area contributed by atoms with Gasteiger partial charge in [-0.3, -0.25) is 4.79 Å². The Balaban J connectivity index is 1.38. The number of epoxide rings is 1. The molecule has 5 heteroatoms. The molecule has 25 heavy (non-hydrogen) atoms. The third kappa shape index (κ3) is 4.83. The lowest BCUT2D eigenvalue weighted by Crippen LogP contribution is -2.47. The first-order chi connectivity index (χ1) is 12.2. The molecule has 3 rings (SSSR count). The standard InChI is InChI=1S/C20H33NO4/c1-2-3-4-7-10-13-21-16-14(11-8-5-6-9-12-15(22)23)17-19-20(25-19)18(16)24-17/h6,9,14,16-21H,2-5,7-8,10-13H2,1H3,(H,22,23)/t14-,16+,17+,18-,19-,20+/m0/s1. The second-order valence-electron chi connectivity index (χ2n) is 7.69. The fourth-order valence-electron chi connectivity index (χ4n) is 4.46. The summed E-state index contributed by atoms with van der Waals surface area (Å²) in [7, 11) is 0. The summed E-state index contributed by atoms with van der Waals surface area (Å²) in [6.07, 6.45) is 14.8. The summed E-state index contributed by atoms with van der Waals surface area (Å²) in [4.78, 5) is 10.5. The Hall–Kier alpha value is -0.910. The van der Waals surface area contributed by atoms with Crippen LogP contribution in [0.2, 0.25) is 0 Å². The lowest BCUT2D eigenvalue weighted by molar-refractivity contribution is -0.136. The van der Waals surface area contributed by atoms with Crippen molar-refractivity contribution >= 4 is 5.97 Å². The van der Waals surface area contributed by atoms with Gasteiger partial charge in [0.25, 0.3) is 0 Å². The second kappa shape index (κ2) is 9.15. The number of allylic oxidation sites excluding steroid dienone is 1. The first-order valence-electron chi connectivity index (χ1n) is 10.1. The molecular weight excluding hydrogens is 318 g/mol. The highest BCUT2D eigenvalue weighted by molar-refractivity contribution is 5.68. The predicted octanol–water partition coefficient (Wildman–Crippen LogP) is 3.28. The van der Waals surface area contributed by atoms with Gasteiger partial charge >= 0.3 is 5.97 Å². The van der Waals surface area contributed by atoms with Crippen LogP contribution in [0.5, 0.6) is 0 Å². The van der Waals surface area contributed by atoms with Crippen molar-refractivity contribution in [3.05, 3.63) is 12.2 Å². The molecule has 3 aliphatic heterocycles. The van der Waals surface area contributed by atoms with Crippen molar-refractivity contribution in [1.82, 2.24) is 5.32 Å². The van der Waals surface area contributed by atoms with Gasteiger partial charge in [-0.25, -0.2) is 0 Å². The van der Waals surface area contributed by atoms with E-state index >= 15 is 0 Å². The molecular formula is C20H33NO4. The van der Waals surface area contributed by atoms with Crippen LogP contribution in [-0.2, 0) is 14.3 Å². The third-order valence-corrected chi connectivity index (χ3v) is 5.79. The van der Waals surface area contributed by atoms with Gasteiger partial charge in [0.1, 0.15) is 18.3 Å². The van der Waals surface area contributed by atoms with Crippen LogP contribution in [0.1, 0.15) is 64.7 Å². The molecule has 142 valence electrons. The van der Waals surface area contributed by atoms with Gasteiger partial charge in [0.05, 0.1) is 12.5 Å². The average molecular weight is 351 g/mol. The minimum Gasteiger partial charge on any atom is -0.481 e. The fourth-order valence-corrected chi connectivity index (χ4v) is 4.46. The summed E-state index contributed by atoms with van der Waals surface area (Å²) in [5.74, 6) is -0.227. The van der Waals surface area contributed by atoms with E-state index in [9.17, 15) is 4.79 Å². The first kappa shape index (κ1) is 18.9. The van der Waals surface area contributed by atoms with Gasteiger partial charge in [-0.2, -0.15) is 0 Å². The highest BCUT2D eigenvalue weighted by atomic mass is 16.7. The van der Waals surface area contributed by atoms with E-state index in [0.717, 1.165) is 25.8 Å². The van der Waals surface area contributed by atoms with Crippen molar-refractivity contribution in [2.45, 2.75) is 95.2 Å². The number of carboxylic acids is 1. The molecule has 0 aromatic carbocycles. The summed E-state index contributed by atoms with van der Waals surface area (Å²) in [6, 6.07) is 0.433. The first-order valence-corrected chi connectivity index (χ1v) is 10.1. The van der Waals surface area contributed by atoms with Gasteiger partial charge in [0, 0.05) is 12.0 Å². The molecule has 3 heterocycles. The third-order valence-electron chi connectivity index (χ3n) is 5.79. The molecule has 2 bridgehead atoms. The Bertz CT molecular complexity index is 467. The monoisotopic (exact) mass is 351 g/mol. The molecule has 6 atom stereocenters. The normalized spacial score (nSPS) is 35.4. The van der Waals surface area contributed by atoms with Crippen molar-refractivity contribution in [3.8, 4) is 0 Å². The number of aliphatic carboxylic acids is 1. The quantitative estimate of drug-likeness (QED) is 0.303. The van der Waals surface area contributed by atoms with Crippen molar-refractivity contribution in [3.63, 3.8) is 0 Å². The topological polar surface area (TPSA) is 71.1 Å².